The molecule has 3 N–H and O–H groups in total. The van der Waals surface area contributed by atoms with E-state index < -0.39 is 10.0 Å². The van der Waals surface area contributed by atoms with Crippen molar-refractivity contribution in [3.05, 3.63) is 45.6 Å². The number of nitrogen functional groups attached to an aromatic ring is 1. The molecular formula is C17H20N6O3S2. The van der Waals surface area contributed by atoms with Crippen LogP contribution in [0.4, 0.5) is 17.6 Å². The Bertz CT molecular complexity index is 1130. The monoisotopic (exact) mass is 420 g/mol. The van der Waals surface area contributed by atoms with Crippen LogP contribution in [0.25, 0.3) is 0 Å². The zero-order chi connectivity index (χ0) is 20.6. The molecule has 0 saturated heterocycles. The molecule has 0 aliphatic carbocycles. The minimum Gasteiger partial charge on any atom is -0.368 e. The molecule has 2 aromatic heterocycles. The standard InChI is InChI=1S/C17H20N6O3S2/c1-10-9-11(2)27-14(10)15(24)23-16(18)20-17(21-23)19-12-5-7-13(8-6-12)28(25,26)22(3)4/h5-9H,1-4H3,(H3,18,19,20,21). The average Bonchev–Trinajstić information content (AvgIpc) is 3.16. The second-order valence-electron chi connectivity index (χ2n) is 6.32. The van der Waals surface area contributed by atoms with Crippen LogP contribution in [0, 0.1) is 13.8 Å². The summed E-state index contributed by atoms with van der Waals surface area (Å²) in [4.78, 5) is 18.5. The molecule has 148 valence electrons. The fourth-order valence-electron chi connectivity index (χ4n) is 2.53. The molecule has 0 bridgehead atoms. The third-order valence-electron chi connectivity index (χ3n) is 3.95. The van der Waals surface area contributed by atoms with Crippen LogP contribution in [0.3, 0.4) is 0 Å². The van der Waals surface area contributed by atoms with E-state index in [4.69, 9.17) is 5.73 Å². The van der Waals surface area contributed by atoms with Gasteiger partial charge in [0.15, 0.2) is 0 Å². The van der Waals surface area contributed by atoms with E-state index in [0.29, 0.717) is 10.6 Å². The van der Waals surface area contributed by atoms with E-state index in [1.807, 2.05) is 19.9 Å². The van der Waals surface area contributed by atoms with Crippen molar-refractivity contribution in [3.8, 4) is 0 Å². The van der Waals surface area contributed by atoms with Crippen LogP contribution in [0.15, 0.2) is 35.2 Å². The number of hydrogen-bond donors (Lipinski definition) is 2. The summed E-state index contributed by atoms with van der Waals surface area (Å²) in [5, 5.41) is 7.05. The van der Waals surface area contributed by atoms with Crippen molar-refractivity contribution in [1.82, 2.24) is 19.1 Å². The maximum atomic E-state index is 12.7. The highest BCUT2D eigenvalue weighted by molar-refractivity contribution is 7.89. The van der Waals surface area contributed by atoms with Crippen molar-refractivity contribution in [1.29, 1.82) is 0 Å². The normalized spacial score (nSPS) is 11.8. The number of benzene rings is 1. The third-order valence-corrected chi connectivity index (χ3v) is 6.92. The number of hydrogen-bond acceptors (Lipinski definition) is 8. The zero-order valence-electron chi connectivity index (χ0n) is 15.8. The molecule has 1 aromatic carbocycles. The molecule has 11 heteroatoms. The average molecular weight is 421 g/mol. The van der Waals surface area contributed by atoms with Crippen LogP contribution in [-0.2, 0) is 10.0 Å². The summed E-state index contributed by atoms with van der Waals surface area (Å²) in [5.74, 6) is -0.245. The Kier molecular flexibility index (Phi) is 5.24. The Hall–Kier alpha value is -2.76. The number of rotatable bonds is 5. The van der Waals surface area contributed by atoms with Crippen molar-refractivity contribution < 1.29 is 13.2 Å². The maximum Gasteiger partial charge on any atom is 0.291 e. The van der Waals surface area contributed by atoms with E-state index in [1.54, 1.807) is 12.1 Å². The van der Waals surface area contributed by atoms with Crippen molar-refractivity contribution >= 4 is 44.9 Å². The van der Waals surface area contributed by atoms with Gasteiger partial charge >= 0.3 is 0 Å². The van der Waals surface area contributed by atoms with E-state index in [2.05, 4.69) is 15.4 Å². The molecule has 0 amide bonds. The van der Waals surface area contributed by atoms with Gasteiger partial charge in [-0.25, -0.2) is 12.7 Å². The lowest BCUT2D eigenvalue weighted by atomic mass is 10.2. The van der Waals surface area contributed by atoms with Crippen LogP contribution in [0.2, 0.25) is 0 Å². The van der Waals surface area contributed by atoms with Gasteiger partial charge in [0.05, 0.1) is 9.77 Å². The first-order valence-corrected chi connectivity index (χ1v) is 10.5. The third kappa shape index (κ3) is 3.77. The molecule has 0 unspecified atom stereocenters. The molecule has 0 saturated carbocycles. The summed E-state index contributed by atoms with van der Waals surface area (Å²) in [6.45, 7) is 3.78. The summed E-state index contributed by atoms with van der Waals surface area (Å²) in [5.41, 5.74) is 7.27. The lowest BCUT2D eigenvalue weighted by molar-refractivity contribution is 0.0951. The topological polar surface area (TPSA) is 123 Å². The lowest BCUT2D eigenvalue weighted by Crippen LogP contribution is -2.22. The minimum absolute atomic E-state index is 0.0373. The first-order chi connectivity index (χ1) is 13.1. The van der Waals surface area contributed by atoms with Crippen LogP contribution in [0.5, 0.6) is 0 Å². The maximum absolute atomic E-state index is 12.7. The fraction of sp³-hybridized carbons (Fsp3) is 0.235. The molecule has 3 rings (SSSR count). The number of nitrogens with two attached hydrogens (primary N) is 1. The van der Waals surface area contributed by atoms with Gasteiger partial charge in [0.2, 0.25) is 21.9 Å². The lowest BCUT2D eigenvalue weighted by Gasteiger charge is -2.11. The Morgan fingerprint density at radius 1 is 1.21 bits per heavy atom. The number of anilines is 3. The van der Waals surface area contributed by atoms with Crippen molar-refractivity contribution in [2.75, 3.05) is 25.1 Å². The van der Waals surface area contributed by atoms with E-state index in [1.165, 1.54) is 37.6 Å². The van der Waals surface area contributed by atoms with Crippen molar-refractivity contribution in [2.24, 2.45) is 0 Å². The van der Waals surface area contributed by atoms with Crippen molar-refractivity contribution in [3.63, 3.8) is 0 Å². The van der Waals surface area contributed by atoms with Gasteiger partial charge in [0.1, 0.15) is 0 Å². The highest BCUT2D eigenvalue weighted by Crippen LogP contribution is 2.24. The van der Waals surface area contributed by atoms with Gasteiger partial charge in [-0.15, -0.1) is 16.4 Å². The molecule has 9 nitrogen and oxygen atoms in total. The molecule has 3 aromatic rings. The van der Waals surface area contributed by atoms with Crippen LogP contribution >= 0.6 is 11.3 Å². The Morgan fingerprint density at radius 2 is 1.86 bits per heavy atom. The van der Waals surface area contributed by atoms with Gasteiger partial charge < -0.3 is 11.1 Å². The van der Waals surface area contributed by atoms with Gasteiger partial charge in [-0.2, -0.15) is 9.67 Å². The Morgan fingerprint density at radius 3 is 2.39 bits per heavy atom. The highest BCUT2D eigenvalue weighted by atomic mass is 32.2. The van der Waals surface area contributed by atoms with Crippen LogP contribution < -0.4 is 11.1 Å². The number of nitrogens with zero attached hydrogens (tertiary/aromatic N) is 4. The molecule has 0 atom stereocenters. The number of carbonyl (C=O) groups is 1. The second kappa shape index (κ2) is 7.34. The van der Waals surface area contributed by atoms with E-state index in [0.717, 1.165) is 19.4 Å². The van der Waals surface area contributed by atoms with Gasteiger partial charge in [0.25, 0.3) is 5.91 Å². The van der Waals surface area contributed by atoms with Crippen molar-refractivity contribution in [2.45, 2.75) is 18.7 Å². The summed E-state index contributed by atoms with van der Waals surface area (Å²) < 4.78 is 26.4. The summed E-state index contributed by atoms with van der Waals surface area (Å²) in [6, 6.07) is 8.04. The van der Waals surface area contributed by atoms with E-state index in [9.17, 15) is 13.2 Å². The molecule has 0 fully saturated rings. The first-order valence-electron chi connectivity index (χ1n) is 8.23. The highest BCUT2D eigenvalue weighted by Gasteiger charge is 2.20. The molecule has 2 heterocycles. The molecule has 0 aliphatic heterocycles. The largest absolute Gasteiger partial charge is 0.368 e. The number of aromatic nitrogens is 3. The molecule has 0 radical (unpaired) electrons. The van der Waals surface area contributed by atoms with Crippen LogP contribution in [-0.4, -0.2) is 47.5 Å². The number of carbonyl (C=O) groups excluding carboxylic acids is 1. The Balaban J connectivity index is 1.82. The SMILES string of the molecule is Cc1cc(C)c(C(=O)n2nc(Nc3ccc(S(=O)(=O)N(C)C)cc3)nc2N)s1. The first kappa shape index (κ1) is 20.0. The molecule has 28 heavy (non-hydrogen) atoms. The zero-order valence-corrected chi connectivity index (χ0v) is 17.4. The quantitative estimate of drug-likeness (QED) is 0.649. The number of aryl methyl sites for hydroxylation is 2. The predicted molar refractivity (Wildman–Crippen MR) is 109 cm³/mol. The van der Waals surface area contributed by atoms with Gasteiger partial charge in [0, 0.05) is 24.7 Å². The predicted octanol–water partition coefficient (Wildman–Crippen LogP) is 2.22. The minimum atomic E-state index is -3.51. The van der Waals surface area contributed by atoms with Gasteiger partial charge in [-0.05, 0) is 49.7 Å². The van der Waals surface area contributed by atoms with E-state index in [-0.39, 0.29) is 22.7 Å². The van der Waals surface area contributed by atoms with Gasteiger partial charge in [-0.1, -0.05) is 0 Å². The number of nitrogens with one attached hydrogen (secondary N) is 1. The molecule has 0 spiro atoms. The fourth-order valence-corrected chi connectivity index (χ4v) is 4.38. The van der Waals surface area contributed by atoms with E-state index >= 15 is 0 Å². The van der Waals surface area contributed by atoms with Crippen LogP contribution in [0.1, 0.15) is 20.1 Å². The molecule has 0 aliphatic rings. The Labute approximate surface area is 166 Å². The summed E-state index contributed by atoms with van der Waals surface area (Å²) in [7, 11) is -0.573. The van der Waals surface area contributed by atoms with Gasteiger partial charge in [-0.3, -0.25) is 4.79 Å². The molecular weight excluding hydrogens is 400 g/mol. The second-order valence-corrected chi connectivity index (χ2v) is 9.72. The smallest absolute Gasteiger partial charge is 0.291 e. The number of thiophene rings is 1. The number of sulfonamides is 1. The summed E-state index contributed by atoms with van der Waals surface area (Å²) in [6.07, 6.45) is 0. The summed E-state index contributed by atoms with van der Waals surface area (Å²) >= 11 is 1.37.